The number of aryl methyl sites for hydroxylation is 1. The van der Waals surface area contributed by atoms with Gasteiger partial charge in [0.15, 0.2) is 0 Å². The molecule has 19 heavy (non-hydrogen) atoms. The molecule has 0 aliphatic carbocycles. The van der Waals surface area contributed by atoms with Gasteiger partial charge in [-0.1, -0.05) is 22.0 Å². The molecule has 1 heterocycles. The van der Waals surface area contributed by atoms with Crippen LogP contribution in [0.2, 0.25) is 0 Å². The number of hydrogen-bond donors (Lipinski definition) is 2. The van der Waals surface area contributed by atoms with Crippen LogP contribution >= 0.6 is 15.9 Å². The van der Waals surface area contributed by atoms with Gasteiger partial charge >= 0.3 is 5.97 Å². The number of nitrogens with zero attached hydrogens (tertiary/aromatic N) is 1. The van der Waals surface area contributed by atoms with Gasteiger partial charge in [-0.05, 0) is 42.8 Å². The fourth-order valence-electron chi connectivity index (χ4n) is 1.73. The number of aromatic nitrogens is 1. The van der Waals surface area contributed by atoms with Gasteiger partial charge in [0.1, 0.15) is 5.69 Å². The van der Waals surface area contributed by atoms with Crippen molar-refractivity contribution in [3.8, 4) is 0 Å². The van der Waals surface area contributed by atoms with E-state index in [4.69, 9.17) is 5.11 Å². The maximum absolute atomic E-state index is 10.8. The lowest BCUT2D eigenvalue weighted by atomic mass is 10.2. The summed E-state index contributed by atoms with van der Waals surface area (Å²) in [5.41, 5.74) is 2.86. The molecule has 5 heteroatoms. The summed E-state index contributed by atoms with van der Waals surface area (Å²) in [6.07, 6.45) is 0. The van der Waals surface area contributed by atoms with E-state index < -0.39 is 5.97 Å². The summed E-state index contributed by atoms with van der Waals surface area (Å²) in [6.45, 7) is 2.50. The number of halogens is 1. The highest BCUT2D eigenvalue weighted by Gasteiger charge is 2.05. The second-order valence-corrected chi connectivity index (χ2v) is 5.11. The Labute approximate surface area is 119 Å². The van der Waals surface area contributed by atoms with Crippen LogP contribution in [-0.2, 0) is 6.54 Å². The third-order valence-electron chi connectivity index (χ3n) is 2.54. The highest BCUT2D eigenvalue weighted by molar-refractivity contribution is 9.10. The minimum Gasteiger partial charge on any atom is -0.477 e. The molecular weight excluding hydrogens is 308 g/mol. The standard InChI is InChI=1S/C14H13BrN2O2/c1-9-5-10(15)7-12(6-9)16-8-11-3-2-4-13(17-11)14(18)19/h2-7,16H,8H2,1H3,(H,18,19). The SMILES string of the molecule is Cc1cc(Br)cc(NCc2cccc(C(=O)O)n2)c1. The molecular formula is C14H13BrN2O2. The van der Waals surface area contributed by atoms with E-state index in [1.807, 2.05) is 25.1 Å². The molecule has 0 spiro atoms. The Kier molecular flexibility index (Phi) is 4.16. The van der Waals surface area contributed by atoms with Crippen molar-refractivity contribution in [3.05, 3.63) is 57.8 Å². The fourth-order valence-corrected chi connectivity index (χ4v) is 2.34. The first kappa shape index (κ1) is 13.5. The molecule has 1 aromatic carbocycles. The summed E-state index contributed by atoms with van der Waals surface area (Å²) in [4.78, 5) is 14.9. The van der Waals surface area contributed by atoms with Gasteiger partial charge in [-0.2, -0.15) is 0 Å². The molecule has 2 N–H and O–H groups in total. The number of carboxylic acid groups (broad SMARTS) is 1. The molecule has 0 radical (unpaired) electrons. The Hall–Kier alpha value is -1.88. The molecule has 0 saturated carbocycles. The smallest absolute Gasteiger partial charge is 0.354 e. The summed E-state index contributed by atoms with van der Waals surface area (Å²) in [5.74, 6) is -1.01. The van der Waals surface area contributed by atoms with Crippen molar-refractivity contribution in [2.45, 2.75) is 13.5 Å². The number of pyridine rings is 1. The van der Waals surface area contributed by atoms with Crippen molar-refractivity contribution in [2.24, 2.45) is 0 Å². The van der Waals surface area contributed by atoms with Crippen molar-refractivity contribution < 1.29 is 9.90 Å². The van der Waals surface area contributed by atoms with E-state index in [9.17, 15) is 4.79 Å². The number of hydrogen-bond acceptors (Lipinski definition) is 3. The summed E-state index contributed by atoms with van der Waals surface area (Å²) in [6, 6.07) is 11.0. The van der Waals surface area contributed by atoms with E-state index in [1.54, 1.807) is 12.1 Å². The first-order valence-corrected chi connectivity index (χ1v) is 6.54. The monoisotopic (exact) mass is 320 g/mol. The van der Waals surface area contributed by atoms with Crippen LogP contribution in [0.3, 0.4) is 0 Å². The molecule has 1 aromatic heterocycles. The summed E-state index contributed by atoms with van der Waals surface area (Å²) in [5, 5.41) is 12.1. The van der Waals surface area contributed by atoms with Gasteiger partial charge < -0.3 is 10.4 Å². The quantitative estimate of drug-likeness (QED) is 0.905. The first-order valence-electron chi connectivity index (χ1n) is 5.75. The number of carboxylic acids is 1. The normalized spacial score (nSPS) is 10.2. The van der Waals surface area contributed by atoms with Crippen molar-refractivity contribution >= 4 is 27.6 Å². The van der Waals surface area contributed by atoms with Crippen LogP contribution < -0.4 is 5.32 Å². The zero-order chi connectivity index (χ0) is 13.8. The number of aromatic carboxylic acids is 1. The molecule has 98 valence electrons. The number of nitrogens with one attached hydrogen (secondary N) is 1. The topological polar surface area (TPSA) is 62.2 Å². The van der Waals surface area contributed by atoms with Gasteiger partial charge in [0.05, 0.1) is 12.2 Å². The molecule has 0 amide bonds. The van der Waals surface area contributed by atoms with E-state index in [1.165, 1.54) is 6.07 Å². The Morgan fingerprint density at radius 2 is 2.16 bits per heavy atom. The molecule has 0 aliphatic heterocycles. The lowest BCUT2D eigenvalue weighted by Gasteiger charge is -2.08. The Morgan fingerprint density at radius 1 is 1.37 bits per heavy atom. The highest BCUT2D eigenvalue weighted by atomic mass is 79.9. The van der Waals surface area contributed by atoms with Gasteiger partial charge in [0, 0.05) is 10.2 Å². The van der Waals surface area contributed by atoms with Crippen LogP contribution in [0, 0.1) is 6.92 Å². The second-order valence-electron chi connectivity index (χ2n) is 4.19. The van der Waals surface area contributed by atoms with Crippen LogP contribution in [-0.4, -0.2) is 16.1 Å². The van der Waals surface area contributed by atoms with Gasteiger partial charge in [-0.3, -0.25) is 0 Å². The molecule has 0 fully saturated rings. The average molecular weight is 321 g/mol. The van der Waals surface area contributed by atoms with Crippen LogP contribution in [0.1, 0.15) is 21.7 Å². The average Bonchev–Trinajstić information content (AvgIpc) is 2.35. The van der Waals surface area contributed by atoms with Crippen LogP contribution in [0.5, 0.6) is 0 Å². The molecule has 4 nitrogen and oxygen atoms in total. The van der Waals surface area contributed by atoms with E-state index in [-0.39, 0.29) is 5.69 Å². The van der Waals surface area contributed by atoms with E-state index in [2.05, 4.69) is 26.2 Å². The fraction of sp³-hybridized carbons (Fsp3) is 0.143. The maximum atomic E-state index is 10.8. The second kappa shape index (κ2) is 5.84. The van der Waals surface area contributed by atoms with Gasteiger partial charge in [0.2, 0.25) is 0 Å². The lowest BCUT2D eigenvalue weighted by Crippen LogP contribution is -2.06. The van der Waals surface area contributed by atoms with Crippen molar-refractivity contribution in [2.75, 3.05) is 5.32 Å². The van der Waals surface area contributed by atoms with Gasteiger partial charge in [-0.15, -0.1) is 0 Å². The number of rotatable bonds is 4. The molecule has 0 unspecified atom stereocenters. The Balaban J connectivity index is 2.10. The van der Waals surface area contributed by atoms with Crippen LogP contribution in [0.15, 0.2) is 40.9 Å². The minimum absolute atomic E-state index is 0.0599. The molecule has 2 rings (SSSR count). The molecule has 2 aromatic rings. The summed E-state index contributed by atoms with van der Waals surface area (Å²) in [7, 11) is 0. The van der Waals surface area contributed by atoms with E-state index in [0.29, 0.717) is 12.2 Å². The highest BCUT2D eigenvalue weighted by Crippen LogP contribution is 2.19. The predicted molar refractivity (Wildman–Crippen MR) is 77.4 cm³/mol. The van der Waals surface area contributed by atoms with Crippen LogP contribution in [0.25, 0.3) is 0 Å². The predicted octanol–water partition coefficient (Wildman–Crippen LogP) is 3.46. The summed E-state index contributed by atoms with van der Waals surface area (Å²) < 4.78 is 1.00. The van der Waals surface area contributed by atoms with E-state index in [0.717, 1.165) is 15.7 Å². The van der Waals surface area contributed by atoms with Gasteiger partial charge in [0.25, 0.3) is 0 Å². The maximum Gasteiger partial charge on any atom is 0.354 e. The molecule has 0 bridgehead atoms. The minimum atomic E-state index is -1.01. The van der Waals surface area contributed by atoms with Crippen molar-refractivity contribution in [3.63, 3.8) is 0 Å². The van der Waals surface area contributed by atoms with Crippen molar-refractivity contribution in [1.29, 1.82) is 0 Å². The Morgan fingerprint density at radius 3 is 2.84 bits per heavy atom. The zero-order valence-corrected chi connectivity index (χ0v) is 11.9. The molecule has 0 saturated heterocycles. The third-order valence-corrected chi connectivity index (χ3v) is 3.00. The van der Waals surface area contributed by atoms with Crippen molar-refractivity contribution in [1.82, 2.24) is 4.98 Å². The number of carbonyl (C=O) groups is 1. The lowest BCUT2D eigenvalue weighted by molar-refractivity contribution is 0.0690. The number of anilines is 1. The van der Waals surface area contributed by atoms with E-state index >= 15 is 0 Å². The molecule has 0 atom stereocenters. The van der Waals surface area contributed by atoms with Crippen LogP contribution in [0.4, 0.5) is 5.69 Å². The molecule has 0 aliphatic rings. The first-order chi connectivity index (χ1) is 9.04. The number of benzene rings is 1. The Bertz CT molecular complexity index is 594. The summed E-state index contributed by atoms with van der Waals surface area (Å²) >= 11 is 3.44. The van der Waals surface area contributed by atoms with Gasteiger partial charge in [-0.25, -0.2) is 9.78 Å². The largest absolute Gasteiger partial charge is 0.477 e. The zero-order valence-electron chi connectivity index (χ0n) is 10.4. The third kappa shape index (κ3) is 3.79.